The minimum absolute atomic E-state index is 0.132. The predicted octanol–water partition coefficient (Wildman–Crippen LogP) is 4.72. The maximum Gasteiger partial charge on any atom is 0.387 e. The van der Waals surface area contributed by atoms with Gasteiger partial charge in [0.1, 0.15) is 5.75 Å². The summed E-state index contributed by atoms with van der Waals surface area (Å²) in [4.78, 5) is 4.56. The molecular formula is C17H17ClF2N4O. The Balaban J connectivity index is 1.89. The molecule has 3 aromatic rings. The molecule has 8 heteroatoms. The number of hydrogen-bond donors (Lipinski definition) is 1. The number of alkyl halides is 2. The molecule has 0 aliphatic carbocycles. The second kappa shape index (κ2) is 7.23. The van der Waals surface area contributed by atoms with Gasteiger partial charge in [-0.3, -0.25) is 0 Å². The number of para-hydroxylation sites is 1. The highest BCUT2D eigenvalue weighted by Crippen LogP contribution is 2.25. The Labute approximate surface area is 148 Å². The van der Waals surface area contributed by atoms with Gasteiger partial charge in [-0.15, -0.1) is 0 Å². The minimum Gasteiger partial charge on any atom is -0.434 e. The van der Waals surface area contributed by atoms with Gasteiger partial charge in [0.15, 0.2) is 10.8 Å². The first-order chi connectivity index (χ1) is 11.9. The number of nitrogens with one attached hydrogen (secondary N) is 1. The smallest absolute Gasteiger partial charge is 0.387 e. The summed E-state index contributed by atoms with van der Waals surface area (Å²) in [6.07, 6.45) is 1.82. The van der Waals surface area contributed by atoms with E-state index in [1.54, 1.807) is 28.8 Å². The first-order valence-corrected chi connectivity index (χ1v) is 8.14. The van der Waals surface area contributed by atoms with Crippen molar-refractivity contribution in [2.24, 2.45) is 0 Å². The summed E-state index contributed by atoms with van der Waals surface area (Å²) < 4.78 is 31.2. The zero-order valence-corrected chi connectivity index (χ0v) is 14.5. The van der Waals surface area contributed by atoms with Crippen molar-refractivity contribution in [3.05, 3.63) is 52.9 Å². The summed E-state index contributed by atoms with van der Waals surface area (Å²) in [5.74, 6) is 0.376. The zero-order valence-electron chi connectivity index (χ0n) is 13.7. The predicted molar refractivity (Wildman–Crippen MR) is 92.5 cm³/mol. The van der Waals surface area contributed by atoms with Crippen molar-refractivity contribution in [3.63, 3.8) is 0 Å². The van der Waals surface area contributed by atoms with Crippen LogP contribution in [0.5, 0.6) is 5.75 Å². The van der Waals surface area contributed by atoms with E-state index in [1.165, 1.54) is 6.07 Å². The Morgan fingerprint density at radius 3 is 2.76 bits per heavy atom. The Hall–Kier alpha value is -2.41. The molecule has 3 rings (SSSR count). The summed E-state index contributed by atoms with van der Waals surface area (Å²) in [7, 11) is 0. The average molecular weight is 367 g/mol. The van der Waals surface area contributed by atoms with Gasteiger partial charge >= 0.3 is 6.61 Å². The van der Waals surface area contributed by atoms with E-state index in [2.05, 4.69) is 20.1 Å². The molecule has 2 aromatic heterocycles. The zero-order chi connectivity index (χ0) is 18.0. The lowest BCUT2D eigenvalue weighted by Gasteiger charge is -2.12. The molecule has 0 spiro atoms. The standard InChI is InChI=1S/C17H17ClF2N4O/c1-10(2)13-9-24-16(22-13)12(7-15(18)23-24)21-8-11-5-3-4-6-14(11)25-17(19)20/h3-7,9-10,17,21H,8H2,1-2H3. The summed E-state index contributed by atoms with van der Waals surface area (Å²) >= 11 is 6.07. The number of benzene rings is 1. The van der Waals surface area contributed by atoms with Gasteiger partial charge < -0.3 is 10.1 Å². The minimum atomic E-state index is -2.87. The summed E-state index contributed by atoms with van der Waals surface area (Å²) in [5.41, 5.74) is 2.78. The molecule has 0 unspecified atom stereocenters. The second-order valence-electron chi connectivity index (χ2n) is 5.81. The van der Waals surface area contributed by atoms with Gasteiger partial charge in [0, 0.05) is 18.2 Å². The van der Waals surface area contributed by atoms with Crippen LogP contribution in [-0.2, 0) is 6.54 Å². The van der Waals surface area contributed by atoms with Gasteiger partial charge in [0.05, 0.1) is 17.6 Å². The molecule has 0 aliphatic rings. The number of anilines is 1. The molecule has 0 bridgehead atoms. The van der Waals surface area contributed by atoms with Crippen molar-refractivity contribution in [3.8, 4) is 5.75 Å². The fraction of sp³-hybridized carbons (Fsp3) is 0.294. The Morgan fingerprint density at radius 2 is 2.04 bits per heavy atom. The molecule has 0 aliphatic heterocycles. The van der Waals surface area contributed by atoms with E-state index >= 15 is 0 Å². The van der Waals surface area contributed by atoms with Crippen molar-refractivity contribution >= 4 is 22.9 Å². The number of hydrogen-bond acceptors (Lipinski definition) is 4. The molecule has 25 heavy (non-hydrogen) atoms. The molecule has 0 saturated carbocycles. The van der Waals surface area contributed by atoms with E-state index < -0.39 is 6.61 Å². The SMILES string of the molecule is CC(C)c1cn2nc(Cl)cc(NCc3ccccc3OC(F)F)c2n1. The van der Waals surface area contributed by atoms with Crippen LogP contribution in [0.3, 0.4) is 0 Å². The number of rotatable bonds is 6. The normalized spacial score (nSPS) is 11.5. The number of halogens is 3. The molecule has 2 heterocycles. The summed E-state index contributed by atoms with van der Waals surface area (Å²) in [6.45, 7) is 1.48. The van der Waals surface area contributed by atoms with Crippen LogP contribution in [0.4, 0.5) is 14.5 Å². The van der Waals surface area contributed by atoms with E-state index in [0.29, 0.717) is 22.1 Å². The van der Waals surface area contributed by atoms with Gasteiger partial charge in [-0.25, -0.2) is 9.50 Å². The van der Waals surface area contributed by atoms with Gasteiger partial charge in [0.25, 0.3) is 0 Å². The molecule has 0 fully saturated rings. The lowest BCUT2D eigenvalue weighted by atomic mass is 10.2. The van der Waals surface area contributed by atoms with E-state index in [4.69, 9.17) is 11.6 Å². The van der Waals surface area contributed by atoms with Crippen LogP contribution in [0, 0.1) is 0 Å². The highest BCUT2D eigenvalue weighted by molar-refractivity contribution is 6.29. The fourth-order valence-electron chi connectivity index (χ4n) is 2.42. The fourth-order valence-corrected chi connectivity index (χ4v) is 2.61. The first kappa shape index (κ1) is 17.4. The highest BCUT2D eigenvalue weighted by Gasteiger charge is 2.13. The quantitative estimate of drug-likeness (QED) is 0.685. The van der Waals surface area contributed by atoms with Crippen LogP contribution in [-0.4, -0.2) is 21.2 Å². The lowest BCUT2D eigenvalue weighted by Crippen LogP contribution is -2.08. The van der Waals surface area contributed by atoms with Crippen LogP contribution in [0.1, 0.15) is 31.0 Å². The van der Waals surface area contributed by atoms with Gasteiger partial charge in [-0.1, -0.05) is 43.6 Å². The van der Waals surface area contributed by atoms with Crippen molar-refractivity contribution in [2.75, 3.05) is 5.32 Å². The maximum atomic E-state index is 12.5. The number of aromatic nitrogens is 3. The molecule has 1 N–H and O–H groups in total. The molecule has 0 amide bonds. The van der Waals surface area contributed by atoms with Crippen LogP contribution in [0.15, 0.2) is 36.5 Å². The van der Waals surface area contributed by atoms with Crippen LogP contribution in [0.25, 0.3) is 5.65 Å². The third-order valence-corrected chi connectivity index (χ3v) is 3.85. The molecule has 132 valence electrons. The molecule has 0 radical (unpaired) electrons. The van der Waals surface area contributed by atoms with Crippen molar-refractivity contribution in [1.29, 1.82) is 0 Å². The lowest BCUT2D eigenvalue weighted by molar-refractivity contribution is -0.0504. The molecule has 0 atom stereocenters. The topological polar surface area (TPSA) is 51.5 Å². The van der Waals surface area contributed by atoms with Crippen LogP contribution in [0.2, 0.25) is 5.15 Å². The number of imidazole rings is 1. The number of fused-ring (bicyclic) bond motifs is 1. The van der Waals surface area contributed by atoms with Crippen molar-refractivity contribution < 1.29 is 13.5 Å². The molecular weight excluding hydrogens is 350 g/mol. The van der Waals surface area contributed by atoms with E-state index in [0.717, 1.165) is 5.69 Å². The van der Waals surface area contributed by atoms with Gasteiger partial charge in [-0.05, 0) is 12.0 Å². The Morgan fingerprint density at radius 1 is 1.28 bits per heavy atom. The molecule has 0 saturated heterocycles. The third kappa shape index (κ3) is 3.99. The largest absolute Gasteiger partial charge is 0.434 e. The van der Waals surface area contributed by atoms with Crippen LogP contribution < -0.4 is 10.1 Å². The van der Waals surface area contributed by atoms with Gasteiger partial charge in [0.2, 0.25) is 0 Å². The highest BCUT2D eigenvalue weighted by atomic mass is 35.5. The Bertz CT molecular complexity index is 882. The second-order valence-corrected chi connectivity index (χ2v) is 6.20. The third-order valence-electron chi connectivity index (χ3n) is 3.66. The van der Waals surface area contributed by atoms with Gasteiger partial charge in [-0.2, -0.15) is 13.9 Å². The Kier molecular flexibility index (Phi) is 5.03. The summed E-state index contributed by atoms with van der Waals surface area (Å²) in [6, 6.07) is 8.29. The van der Waals surface area contributed by atoms with Crippen molar-refractivity contribution in [2.45, 2.75) is 32.9 Å². The van der Waals surface area contributed by atoms with E-state index in [-0.39, 0.29) is 18.2 Å². The summed E-state index contributed by atoms with van der Waals surface area (Å²) in [5, 5.41) is 7.69. The maximum absolute atomic E-state index is 12.5. The van der Waals surface area contributed by atoms with Crippen molar-refractivity contribution in [1.82, 2.24) is 14.6 Å². The van der Waals surface area contributed by atoms with E-state index in [1.807, 2.05) is 20.0 Å². The monoisotopic (exact) mass is 366 g/mol. The molecule has 5 nitrogen and oxygen atoms in total. The average Bonchev–Trinajstić information content (AvgIpc) is 2.97. The number of nitrogens with zero attached hydrogens (tertiary/aromatic N) is 3. The van der Waals surface area contributed by atoms with Crippen LogP contribution >= 0.6 is 11.6 Å². The van der Waals surface area contributed by atoms with E-state index in [9.17, 15) is 8.78 Å². The molecule has 1 aromatic carbocycles. The first-order valence-electron chi connectivity index (χ1n) is 7.76. The number of ether oxygens (including phenoxy) is 1.